The largest absolute Gasteiger partial charge is 0.333 e. The SMILES string of the molecule is CC(C)c1cccc(C(C)C)c1-n1c(-c2[c-]cc3scnc3c2)nc2ccccc21.[Ir]. The van der Waals surface area contributed by atoms with Gasteiger partial charge in [0.2, 0.25) is 0 Å². The molecule has 0 spiro atoms. The van der Waals surface area contributed by atoms with Gasteiger partial charge in [-0.25, -0.2) is 0 Å². The molecule has 31 heavy (non-hydrogen) atoms. The van der Waals surface area contributed by atoms with Crippen molar-refractivity contribution in [2.45, 2.75) is 39.5 Å². The molecule has 3 nitrogen and oxygen atoms in total. The number of benzene rings is 3. The Hall–Kier alpha value is -2.33. The molecule has 0 N–H and O–H groups in total. The van der Waals surface area contributed by atoms with Crippen LogP contribution in [0.3, 0.4) is 0 Å². The van der Waals surface area contributed by atoms with Gasteiger partial charge in [0.15, 0.2) is 0 Å². The van der Waals surface area contributed by atoms with E-state index in [-0.39, 0.29) is 20.1 Å². The van der Waals surface area contributed by atoms with Gasteiger partial charge in [0, 0.05) is 25.8 Å². The predicted molar refractivity (Wildman–Crippen MR) is 127 cm³/mol. The van der Waals surface area contributed by atoms with Gasteiger partial charge in [-0.2, -0.15) is 11.3 Å². The third-order valence-corrected chi connectivity index (χ3v) is 6.42. The first-order chi connectivity index (χ1) is 14.5. The van der Waals surface area contributed by atoms with E-state index in [2.05, 4.69) is 91.8 Å². The fourth-order valence-electron chi connectivity index (χ4n) is 4.13. The summed E-state index contributed by atoms with van der Waals surface area (Å²) in [6.45, 7) is 9.04. The Labute approximate surface area is 200 Å². The van der Waals surface area contributed by atoms with Crippen LogP contribution in [-0.4, -0.2) is 14.5 Å². The summed E-state index contributed by atoms with van der Waals surface area (Å²) in [5, 5.41) is 0. The van der Waals surface area contributed by atoms with Crippen LogP contribution in [0.5, 0.6) is 0 Å². The molecule has 0 bridgehead atoms. The molecule has 2 aromatic heterocycles. The summed E-state index contributed by atoms with van der Waals surface area (Å²) in [6, 6.07) is 22.7. The molecule has 0 aliphatic carbocycles. The van der Waals surface area contributed by atoms with Crippen molar-refractivity contribution in [3.63, 3.8) is 0 Å². The number of para-hydroxylation sites is 3. The monoisotopic (exact) mass is 603 g/mol. The van der Waals surface area contributed by atoms with Crippen molar-refractivity contribution in [3.8, 4) is 17.1 Å². The van der Waals surface area contributed by atoms with Crippen molar-refractivity contribution in [2.75, 3.05) is 0 Å². The maximum Gasteiger partial charge on any atom is 0.0774 e. The summed E-state index contributed by atoms with van der Waals surface area (Å²) >= 11 is 1.64. The maximum absolute atomic E-state index is 5.06. The Balaban J connectivity index is 0.00000231. The molecule has 0 saturated heterocycles. The fraction of sp³-hybridized carbons (Fsp3) is 0.231. The van der Waals surface area contributed by atoms with Gasteiger partial charge < -0.3 is 4.57 Å². The van der Waals surface area contributed by atoms with Crippen LogP contribution in [0.4, 0.5) is 0 Å². The Morgan fingerprint density at radius 1 is 0.903 bits per heavy atom. The predicted octanol–water partition coefficient (Wildman–Crippen LogP) is 7.35. The molecule has 3 aromatic carbocycles. The first kappa shape index (κ1) is 21.9. The summed E-state index contributed by atoms with van der Waals surface area (Å²) in [5.74, 6) is 1.72. The zero-order chi connectivity index (χ0) is 20.8. The standard InChI is InChI=1S/C26H24N3S.Ir/c1-16(2)19-8-7-9-20(17(3)4)25(19)29-23-11-6-5-10-21(23)28-26(29)18-12-13-24-22(14-18)27-15-30-24;/h5-11,13-17H,1-4H3;/q-1;. The molecule has 0 unspecified atom stereocenters. The van der Waals surface area contributed by atoms with E-state index >= 15 is 0 Å². The number of fused-ring (bicyclic) bond motifs is 2. The summed E-state index contributed by atoms with van der Waals surface area (Å²) in [6.07, 6.45) is 0. The summed E-state index contributed by atoms with van der Waals surface area (Å²) in [7, 11) is 0. The molecule has 5 aromatic rings. The third kappa shape index (κ3) is 3.76. The summed E-state index contributed by atoms with van der Waals surface area (Å²) in [5.41, 5.74) is 9.88. The fourth-order valence-corrected chi connectivity index (χ4v) is 4.77. The van der Waals surface area contributed by atoms with Crippen LogP contribution in [0.2, 0.25) is 0 Å². The normalized spacial score (nSPS) is 11.5. The molecule has 5 heteroatoms. The zero-order valence-electron chi connectivity index (χ0n) is 18.0. The molecule has 0 atom stereocenters. The molecule has 0 fully saturated rings. The molecule has 0 aliphatic rings. The van der Waals surface area contributed by atoms with Crippen molar-refractivity contribution in [2.24, 2.45) is 0 Å². The second-order valence-corrected chi connectivity index (χ2v) is 9.19. The van der Waals surface area contributed by atoms with E-state index in [0.29, 0.717) is 11.8 Å². The first-order valence-electron chi connectivity index (χ1n) is 10.4. The Bertz CT molecular complexity index is 1340. The summed E-state index contributed by atoms with van der Waals surface area (Å²) < 4.78 is 3.48. The first-order valence-corrected chi connectivity index (χ1v) is 11.3. The minimum absolute atomic E-state index is 0. The van der Waals surface area contributed by atoms with Crippen LogP contribution >= 0.6 is 11.3 Å². The van der Waals surface area contributed by atoms with Gasteiger partial charge >= 0.3 is 0 Å². The van der Waals surface area contributed by atoms with Crippen molar-refractivity contribution in [1.29, 1.82) is 0 Å². The number of hydrogen-bond donors (Lipinski definition) is 0. The second-order valence-electron chi connectivity index (χ2n) is 8.30. The van der Waals surface area contributed by atoms with Crippen LogP contribution in [0, 0.1) is 6.07 Å². The van der Waals surface area contributed by atoms with Crippen LogP contribution in [0.15, 0.2) is 60.1 Å². The van der Waals surface area contributed by atoms with Gasteiger partial charge in [-0.1, -0.05) is 58.0 Å². The second kappa shape index (κ2) is 8.66. The molecular formula is C26H24IrN3S-. The van der Waals surface area contributed by atoms with Gasteiger partial charge in [-0.15, -0.1) is 23.8 Å². The van der Waals surface area contributed by atoms with E-state index in [1.165, 1.54) is 16.8 Å². The van der Waals surface area contributed by atoms with E-state index in [4.69, 9.17) is 4.98 Å². The number of aromatic nitrogens is 3. The van der Waals surface area contributed by atoms with Gasteiger partial charge in [0.25, 0.3) is 0 Å². The van der Waals surface area contributed by atoms with Gasteiger partial charge in [-0.05, 0) is 45.3 Å². The molecule has 5 rings (SSSR count). The topological polar surface area (TPSA) is 30.7 Å². The van der Waals surface area contributed by atoms with Gasteiger partial charge in [-0.3, -0.25) is 9.97 Å². The van der Waals surface area contributed by atoms with E-state index in [1.807, 2.05) is 11.6 Å². The number of thiazole rings is 1. The molecule has 2 heterocycles. The number of imidazole rings is 1. The van der Waals surface area contributed by atoms with Gasteiger partial charge in [0.05, 0.1) is 22.4 Å². The molecule has 159 valence electrons. The minimum Gasteiger partial charge on any atom is -0.333 e. The smallest absolute Gasteiger partial charge is 0.0774 e. The van der Waals surface area contributed by atoms with Gasteiger partial charge in [0.1, 0.15) is 0 Å². The molecule has 1 radical (unpaired) electrons. The average molecular weight is 603 g/mol. The number of hydrogen-bond acceptors (Lipinski definition) is 3. The van der Waals surface area contributed by atoms with Crippen LogP contribution in [0.1, 0.15) is 50.7 Å². The number of rotatable bonds is 4. The average Bonchev–Trinajstić information content (AvgIpc) is 3.36. The van der Waals surface area contributed by atoms with Crippen molar-refractivity contribution < 1.29 is 20.1 Å². The zero-order valence-corrected chi connectivity index (χ0v) is 21.2. The molecular weight excluding hydrogens is 579 g/mol. The maximum atomic E-state index is 5.06. The Kier molecular flexibility index (Phi) is 6.11. The molecule has 0 aliphatic heterocycles. The Morgan fingerprint density at radius 3 is 2.32 bits per heavy atom. The Morgan fingerprint density at radius 2 is 1.61 bits per heavy atom. The van der Waals surface area contributed by atoms with E-state index in [1.54, 1.807) is 11.3 Å². The van der Waals surface area contributed by atoms with E-state index in [9.17, 15) is 0 Å². The van der Waals surface area contributed by atoms with E-state index in [0.717, 1.165) is 32.6 Å². The number of nitrogens with zero attached hydrogens (tertiary/aromatic N) is 3. The van der Waals surface area contributed by atoms with Crippen molar-refractivity contribution in [3.05, 3.63) is 77.3 Å². The van der Waals surface area contributed by atoms with Crippen LogP contribution < -0.4 is 0 Å². The van der Waals surface area contributed by atoms with E-state index < -0.39 is 0 Å². The summed E-state index contributed by atoms with van der Waals surface area (Å²) in [4.78, 5) is 9.57. The van der Waals surface area contributed by atoms with Crippen LogP contribution in [-0.2, 0) is 20.1 Å². The van der Waals surface area contributed by atoms with Crippen LogP contribution in [0.25, 0.3) is 38.3 Å². The van der Waals surface area contributed by atoms with Crippen molar-refractivity contribution >= 4 is 32.6 Å². The minimum atomic E-state index is 0. The molecule has 0 amide bonds. The quantitative estimate of drug-likeness (QED) is 0.202. The van der Waals surface area contributed by atoms with Crippen molar-refractivity contribution in [1.82, 2.24) is 14.5 Å². The molecule has 0 saturated carbocycles. The third-order valence-electron chi connectivity index (χ3n) is 5.63.